The van der Waals surface area contributed by atoms with Crippen LogP contribution < -0.4 is 10.3 Å². The van der Waals surface area contributed by atoms with Crippen LogP contribution in [-0.4, -0.2) is 13.1 Å². The van der Waals surface area contributed by atoms with Crippen molar-refractivity contribution < 1.29 is 0 Å². The third-order valence-corrected chi connectivity index (χ3v) is 5.03. The molecule has 0 atom stereocenters. The van der Waals surface area contributed by atoms with E-state index >= 15 is 0 Å². The van der Waals surface area contributed by atoms with Gasteiger partial charge in [0.05, 0.1) is 5.69 Å². The van der Waals surface area contributed by atoms with E-state index in [1.807, 2.05) is 17.5 Å². The molecule has 1 saturated heterocycles. The molecule has 0 bridgehead atoms. The van der Waals surface area contributed by atoms with Gasteiger partial charge in [0.1, 0.15) is 0 Å². The zero-order valence-electron chi connectivity index (χ0n) is 10.9. The van der Waals surface area contributed by atoms with Gasteiger partial charge < -0.3 is 4.90 Å². The molecule has 0 spiro atoms. The highest BCUT2D eigenvalue weighted by Crippen LogP contribution is 2.26. The Hall–Kier alpha value is -1.06. The maximum Gasteiger partial charge on any atom is 0.211 e. The lowest BCUT2D eigenvalue weighted by Gasteiger charge is -2.31. The Kier molecular flexibility index (Phi) is 3.50. The zero-order chi connectivity index (χ0) is 13.4. The fourth-order valence-electron chi connectivity index (χ4n) is 2.56. The van der Waals surface area contributed by atoms with Crippen molar-refractivity contribution in [1.29, 1.82) is 0 Å². The first kappa shape index (κ1) is 12.9. The smallest absolute Gasteiger partial charge is 0.211 e. The van der Waals surface area contributed by atoms with Crippen molar-refractivity contribution in [3.63, 3.8) is 0 Å². The van der Waals surface area contributed by atoms with Crippen LogP contribution in [0.4, 0.5) is 5.69 Å². The molecule has 0 saturated carbocycles. The van der Waals surface area contributed by atoms with Gasteiger partial charge in [0.25, 0.3) is 0 Å². The van der Waals surface area contributed by atoms with Crippen molar-refractivity contribution >= 4 is 38.7 Å². The van der Waals surface area contributed by atoms with Gasteiger partial charge in [-0.25, -0.2) is 0 Å². The quantitative estimate of drug-likeness (QED) is 0.787. The molecule has 19 heavy (non-hydrogen) atoms. The Morgan fingerprint density at radius 2 is 2.05 bits per heavy atom. The van der Waals surface area contributed by atoms with Crippen LogP contribution in [0.3, 0.4) is 0 Å². The molecule has 1 aliphatic heterocycles. The van der Waals surface area contributed by atoms with Gasteiger partial charge in [0.2, 0.25) is 5.43 Å². The van der Waals surface area contributed by atoms with E-state index in [0.29, 0.717) is 5.02 Å². The summed E-state index contributed by atoms with van der Waals surface area (Å²) in [4.78, 5) is 14.8. The number of nitrogens with zero attached hydrogens (tertiary/aromatic N) is 1. The van der Waals surface area contributed by atoms with Crippen molar-refractivity contribution in [1.82, 2.24) is 0 Å². The van der Waals surface area contributed by atoms with Gasteiger partial charge in [-0.15, -0.1) is 11.3 Å². The molecule has 1 aromatic carbocycles. The zero-order valence-corrected chi connectivity index (χ0v) is 12.4. The van der Waals surface area contributed by atoms with Gasteiger partial charge in [0.15, 0.2) is 0 Å². The number of piperidine rings is 1. The van der Waals surface area contributed by atoms with Crippen molar-refractivity contribution in [3.8, 4) is 0 Å². The molecule has 1 fully saturated rings. The molecule has 0 unspecified atom stereocenters. The van der Waals surface area contributed by atoms with Gasteiger partial charge in [-0.3, -0.25) is 4.79 Å². The van der Waals surface area contributed by atoms with Gasteiger partial charge in [-0.1, -0.05) is 18.5 Å². The molecule has 0 radical (unpaired) electrons. The number of hydrogen-bond acceptors (Lipinski definition) is 3. The van der Waals surface area contributed by atoms with Crippen LogP contribution in [-0.2, 0) is 0 Å². The molecule has 2 nitrogen and oxygen atoms in total. The Balaban J connectivity index is 2.05. The molecule has 0 amide bonds. The second-order valence-corrected chi connectivity index (χ2v) is 6.61. The van der Waals surface area contributed by atoms with E-state index in [0.717, 1.165) is 47.6 Å². The first-order valence-electron chi connectivity index (χ1n) is 6.61. The van der Waals surface area contributed by atoms with Crippen molar-refractivity contribution in [2.45, 2.75) is 19.8 Å². The summed E-state index contributed by atoms with van der Waals surface area (Å²) in [6.07, 6.45) is 2.33. The fraction of sp³-hybridized carbons (Fsp3) is 0.400. The van der Waals surface area contributed by atoms with Crippen molar-refractivity contribution in [3.05, 3.63) is 38.8 Å². The standard InChI is InChI=1S/C15H16ClNOS/c1-10-4-6-17(7-5-10)13-9-19-14-3-2-11(16)8-12(14)15(13)18/h2-3,8-10H,4-7H2,1H3. The van der Waals surface area contributed by atoms with Crippen LogP contribution in [0.25, 0.3) is 10.1 Å². The highest BCUT2D eigenvalue weighted by atomic mass is 35.5. The minimum atomic E-state index is 0.116. The Bertz CT molecular complexity index is 659. The lowest BCUT2D eigenvalue weighted by atomic mass is 9.99. The summed E-state index contributed by atoms with van der Waals surface area (Å²) < 4.78 is 1.00. The van der Waals surface area contributed by atoms with Crippen LogP contribution >= 0.6 is 22.9 Å². The lowest BCUT2D eigenvalue weighted by Crippen LogP contribution is -2.35. The van der Waals surface area contributed by atoms with Crippen LogP contribution in [0.15, 0.2) is 28.4 Å². The van der Waals surface area contributed by atoms with Crippen molar-refractivity contribution in [2.24, 2.45) is 5.92 Å². The molecule has 2 aromatic rings. The predicted octanol–water partition coefficient (Wildman–Crippen LogP) is 4.15. The number of fused-ring (bicyclic) bond motifs is 1. The molecule has 0 aliphatic carbocycles. The van der Waals surface area contributed by atoms with Gasteiger partial charge in [-0.2, -0.15) is 0 Å². The van der Waals surface area contributed by atoms with Crippen LogP contribution in [0.1, 0.15) is 19.8 Å². The highest BCUT2D eigenvalue weighted by Gasteiger charge is 2.19. The first-order chi connectivity index (χ1) is 9.15. The molecule has 3 rings (SSSR count). The van der Waals surface area contributed by atoms with Crippen LogP contribution in [0.2, 0.25) is 5.02 Å². The molecule has 1 aromatic heterocycles. The summed E-state index contributed by atoms with van der Waals surface area (Å²) in [6, 6.07) is 5.54. The average molecular weight is 294 g/mol. The van der Waals surface area contributed by atoms with Crippen LogP contribution in [0.5, 0.6) is 0 Å². The molecular formula is C15H16ClNOS. The highest BCUT2D eigenvalue weighted by molar-refractivity contribution is 7.16. The van der Waals surface area contributed by atoms with E-state index < -0.39 is 0 Å². The first-order valence-corrected chi connectivity index (χ1v) is 7.87. The number of halogens is 1. The molecular weight excluding hydrogens is 278 g/mol. The van der Waals surface area contributed by atoms with E-state index in [2.05, 4.69) is 11.8 Å². The number of benzene rings is 1. The topological polar surface area (TPSA) is 20.3 Å². The Labute approximate surface area is 121 Å². The monoisotopic (exact) mass is 293 g/mol. The summed E-state index contributed by atoms with van der Waals surface area (Å²) >= 11 is 7.62. The molecule has 1 aliphatic rings. The Morgan fingerprint density at radius 1 is 1.32 bits per heavy atom. The molecule has 100 valence electrons. The second-order valence-electron chi connectivity index (χ2n) is 5.26. The van der Waals surface area contributed by atoms with E-state index in [9.17, 15) is 4.79 Å². The van der Waals surface area contributed by atoms with Crippen molar-refractivity contribution in [2.75, 3.05) is 18.0 Å². The van der Waals surface area contributed by atoms with Gasteiger partial charge in [-0.05, 0) is 37.0 Å². The Morgan fingerprint density at radius 3 is 2.79 bits per heavy atom. The summed E-state index contributed by atoms with van der Waals surface area (Å²) in [5, 5.41) is 3.36. The molecule has 4 heteroatoms. The van der Waals surface area contributed by atoms with Crippen LogP contribution in [0, 0.1) is 5.92 Å². The summed E-state index contributed by atoms with van der Waals surface area (Å²) in [6.45, 7) is 4.24. The fourth-order valence-corrected chi connectivity index (χ4v) is 3.65. The number of anilines is 1. The second kappa shape index (κ2) is 5.14. The molecule has 2 heterocycles. The van der Waals surface area contributed by atoms with E-state index in [1.165, 1.54) is 0 Å². The third-order valence-electron chi connectivity index (χ3n) is 3.84. The minimum Gasteiger partial charge on any atom is -0.368 e. The maximum absolute atomic E-state index is 12.6. The number of rotatable bonds is 1. The van der Waals surface area contributed by atoms with E-state index in [-0.39, 0.29) is 5.43 Å². The van der Waals surface area contributed by atoms with Gasteiger partial charge >= 0.3 is 0 Å². The minimum absolute atomic E-state index is 0.116. The SMILES string of the molecule is CC1CCN(c2csc3ccc(Cl)cc3c2=O)CC1. The largest absolute Gasteiger partial charge is 0.368 e. The van der Waals surface area contributed by atoms with Gasteiger partial charge in [0, 0.05) is 33.6 Å². The number of hydrogen-bond donors (Lipinski definition) is 0. The average Bonchev–Trinajstić information content (AvgIpc) is 2.41. The third kappa shape index (κ3) is 2.49. The predicted molar refractivity (Wildman–Crippen MR) is 83.7 cm³/mol. The normalized spacial score (nSPS) is 17.1. The maximum atomic E-state index is 12.6. The molecule has 0 N–H and O–H groups in total. The summed E-state index contributed by atoms with van der Waals surface area (Å²) in [7, 11) is 0. The lowest BCUT2D eigenvalue weighted by molar-refractivity contribution is 0.438. The van der Waals surface area contributed by atoms with E-state index in [1.54, 1.807) is 17.4 Å². The summed E-state index contributed by atoms with van der Waals surface area (Å²) in [5.41, 5.74) is 0.956. The van der Waals surface area contributed by atoms with E-state index in [4.69, 9.17) is 11.6 Å². The summed E-state index contributed by atoms with van der Waals surface area (Å²) in [5.74, 6) is 0.768.